The standard InChI is InChI=1S/C24H37ClN4O2/c1-4-8-21(30)22-16(2)18(15-31-22)11-12-27-20-13-19(25)23(29-24(20)26-3)28-14-17-9-6-5-7-10-17/h4,13,16-18,21-22,27,30H,1,3,5-12,14-15H2,2H3,(H,28,29). The number of nitrogens with zero attached hydrogens (tertiary/aromatic N) is 2. The highest BCUT2D eigenvalue weighted by atomic mass is 35.5. The molecule has 0 radical (unpaired) electrons. The van der Waals surface area contributed by atoms with Crippen LogP contribution in [-0.4, -0.2) is 48.7 Å². The van der Waals surface area contributed by atoms with Gasteiger partial charge in [-0.2, -0.15) is 0 Å². The second kappa shape index (κ2) is 11.8. The molecule has 4 atom stereocenters. The van der Waals surface area contributed by atoms with Crippen LogP contribution in [0.5, 0.6) is 0 Å². The molecular formula is C24H37ClN4O2. The van der Waals surface area contributed by atoms with Crippen LogP contribution in [0.3, 0.4) is 0 Å². The Morgan fingerprint density at radius 1 is 1.35 bits per heavy atom. The summed E-state index contributed by atoms with van der Waals surface area (Å²) in [6, 6.07) is 1.88. The fourth-order valence-electron chi connectivity index (χ4n) is 4.80. The Labute approximate surface area is 191 Å². The maximum atomic E-state index is 10.2. The maximum Gasteiger partial charge on any atom is 0.177 e. The highest BCUT2D eigenvalue weighted by Gasteiger charge is 2.37. The minimum Gasteiger partial charge on any atom is -0.390 e. The molecule has 2 aliphatic rings. The van der Waals surface area contributed by atoms with Crippen LogP contribution in [0.25, 0.3) is 0 Å². The Morgan fingerprint density at radius 2 is 2.13 bits per heavy atom. The second-order valence-corrected chi connectivity index (χ2v) is 9.36. The first-order valence-electron chi connectivity index (χ1n) is 11.6. The third kappa shape index (κ3) is 6.43. The van der Waals surface area contributed by atoms with E-state index in [1.165, 1.54) is 32.1 Å². The normalized spacial score (nSPS) is 25.2. The molecule has 1 aliphatic heterocycles. The third-order valence-electron chi connectivity index (χ3n) is 6.77. The van der Waals surface area contributed by atoms with Gasteiger partial charge in [0, 0.05) is 13.1 Å². The fourth-order valence-corrected chi connectivity index (χ4v) is 5.02. The lowest BCUT2D eigenvalue weighted by Gasteiger charge is -2.23. The van der Waals surface area contributed by atoms with Gasteiger partial charge in [0.15, 0.2) is 5.82 Å². The number of aliphatic hydroxyl groups excluding tert-OH is 1. The zero-order valence-electron chi connectivity index (χ0n) is 18.7. The molecule has 4 unspecified atom stereocenters. The number of hydrogen-bond donors (Lipinski definition) is 3. The Hall–Kier alpha value is -1.63. The fraction of sp³-hybridized carbons (Fsp3) is 0.667. The summed E-state index contributed by atoms with van der Waals surface area (Å²) >= 11 is 6.51. The van der Waals surface area contributed by atoms with E-state index in [1.807, 2.05) is 6.07 Å². The highest BCUT2D eigenvalue weighted by molar-refractivity contribution is 6.33. The van der Waals surface area contributed by atoms with E-state index in [4.69, 9.17) is 16.3 Å². The van der Waals surface area contributed by atoms with Crippen molar-refractivity contribution < 1.29 is 9.84 Å². The zero-order valence-corrected chi connectivity index (χ0v) is 19.4. The molecule has 0 amide bonds. The van der Waals surface area contributed by atoms with E-state index in [0.717, 1.165) is 25.2 Å². The van der Waals surface area contributed by atoms with Gasteiger partial charge < -0.3 is 20.5 Å². The summed E-state index contributed by atoms with van der Waals surface area (Å²) in [7, 11) is 0. The molecule has 1 aromatic heterocycles. The van der Waals surface area contributed by atoms with Crippen LogP contribution in [0.4, 0.5) is 17.3 Å². The highest BCUT2D eigenvalue weighted by Crippen LogP contribution is 2.34. The lowest BCUT2D eigenvalue weighted by molar-refractivity contribution is -0.0144. The molecule has 0 aromatic carbocycles. The predicted molar refractivity (Wildman–Crippen MR) is 130 cm³/mol. The van der Waals surface area contributed by atoms with Crippen molar-refractivity contribution >= 4 is 35.6 Å². The topological polar surface area (TPSA) is 78.8 Å². The first-order valence-corrected chi connectivity index (χ1v) is 12.0. The molecule has 1 saturated heterocycles. The van der Waals surface area contributed by atoms with Gasteiger partial charge in [-0.25, -0.2) is 9.98 Å². The Bertz CT molecular complexity index is 739. The molecule has 1 aliphatic carbocycles. The number of rotatable bonds is 11. The molecule has 1 saturated carbocycles. The first-order chi connectivity index (χ1) is 15.0. The number of hydrogen-bond acceptors (Lipinski definition) is 6. The van der Waals surface area contributed by atoms with Crippen LogP contribution in [0.15, 0.2) is 23.7 Å². The lowest BCUT2D eigenvalue weighted by atomic mass is 9.87. The average Bonchev–Trinajstić information content (AvgIpc) is 3.14. The minimum atomic E-state index is -0.487. The van der Waals surface area contributed by atoms with Gasteiger partial charge >= 0.3 is 0 Å². The average molecular weight is 449 g/mol. The van der Waals surface area contributed by atoms with Gasteiger partial charge in [-0.15, -0.1) is 6.58 Å². The summed E-state index contributed by atoms with van der Waals surface area (Å²) in [5.74, 6) is 2.61. The van der Waals surface area contributed by atoms with E-state index >= 15 is 0 Å². The van der Waals surface area contributed by atoms with Crippen LogP contribution >= 0.6 is 11.6 Å². The monoisotopic (exact) mass is 448 g/mol. The summed E-state index contributed by atoms with van der Waals surface area (Å²) in [4.78, 5) is 8.69. The number of aliphatic hydroxyl groups is 1. The minimum absolute atomic E-state index is 0.126. The summed E-state index contributed by atoms with van der Waals surface area (Å²) in [6.45, 7) is 11.8. The molecular weight excluding hydrogens is 412 g/mol. The van der Waals surface area contributed by atoms with E-state index in [2.05, 4.69) is 40.8 Å². The van der Waals surface area contributed by atoms with Crippen molar-refractivity contribution in [1.82, 2.24) is 4.98 Å². The number of ether oxygens (including phenoxy) is 1. The van der Waals surface area contributed by atoms with Crippen LogP contribution in [0.2, 0.25) is 5.02 Å². The molecule has 0 spiro atoms. The van der Waals surface area contributed by atoms with Gasteiger partial charge in [-0.3, -0.25) is 0 Å². The lowest BCUT2D eigenvalue weighted by Crippen LogP contribution is -2.31. The molecule has 0 bridgehead atoms. The molecule has 6 nitrogen and oxygen atoms in total. The maximum absolute atomic E-state index is 10.2. The third-order valence-corrected chi connectivity index (χ3v) is 7.06. The summed E-state index contributed by atoms with van der Waals surface area (Å²) in [5.41, 5.74) is 0.790. The van der Waals surface area contributed by atoms with E-state index in [1.54, 1.807) is 6.08 Å². The van der Waals surface area contributed by atoms with Gasteiger partial charge in [-0.05, 0) is 56.2 Å². The van der Waals surface area contributed by atoms with Crippen LogP contribution < -0.4 is 10.6 Å². The molecule has 3 N–H and O–H groups in total. The van der Waals surface area contributed by atoms with Crippen molar-refractivity contribution in [2.75, 3.05) is 30.3 Å². The largest absolute Gasteiger partial charge is 0.390 e. The van der Waals surface area contributed by atoms with Gasteiger partial charge in [0.1, 0.15) is 5.82 Å². The molecule has 1 aromatic rings. The molecule has 2 heterocycles. The van der Waals surface area contributed by atoms with Crippen molar-refractivity contribution in [2.45, 2.75) is 64.1 Å². The number of aliphatic imine (C=N–C) groups is 1. The van der Waals surface area contributed by atoms with Crippen LogP contribution in [0, 0.1) is 17.8 Å². The van der Waals surface area contributed by atoms with Crippen molar-refractivity contribution in [2.24, 2.45) is 22.7 Å². The first kappa shape index (κ1) is 24.0. The van der Waals surface area contributed by atoms with Crippen LogP contribution in [0.1, 0.15) is 51.9 Å². The molecule has 31 heavy (non-hydrogen) atoms. The van der Waals surface area contributed by atoms with E-state index in [0.29, 0.717) is 47.4 Å². The van der Waals surface area contributed by atoms with E-state index in [-0.39, 0.29) is 6.10 Å². The van der Waals surface area contributed by atoms with Gasteiger partial charge in [0.05, 0.1) is 29.5 Å². The molecule has 3 rings (SSSR count). The number of anilines is 2. The quantitative estimate of drug-likeness (QED) is 0.310. The number of pyridine rings is 1. The SMILES string of the molecule is C=CCC(O)C1OCC(CCNc2cc(Cl)c(NCC3CCCCC3)nc2N=C)C1C. The zero-order chi connectivity index (χ0) is 22.2. The number of aromatic nitrogens is 1. The van der Waals surface area contributed by atoms with Crippen molar-refractivity contribution in [3.05, 3.63) is 23.7 Å². The Kier molecular flexibility index (Phi) is 9.17. The summed E-state index contributed by atoms with van der Waals surface area (Å²) in [5, 5.41) is 17.6. The smallest absolute Gasteiger partial charge is 0.177 e. The van der Waals surface area contributed by atoms with Gasteiger partial charge in [-0.1, -0.05) is 43.9 Å². The number of nitrogens with one attached hydrogen (secondary N) is 2. The van der Waals surface area contributed by atoms with E-state index < -0.39 is 6.10 Å². The van der Waals surface area contributed by atoms with Crippen molar-refractivity contribution in [3.8, 4) is 0 Å². The predicted octanol–water partition coefficient (Wildman–Crippen LogP) is 5.45. The Balaban J connectivity index is 1.52. The molecule has 2 fully saturated rings. The summed E-state index contributed by atoms with van der Waals surface area (Å²) < 4.78 is 5.86. The molecule has 172 valence electrons. The molecule has 7 heteroatoms. The van der Waals surface area contributed by atoms with Gasteiger partial charge in [0.25, 0.3) is 0 Å². The van der Waals surface area contributed by atoms with Crippen molar-refractivity contribution in [3.63, 3.8) is 0 Å². The van der Waals surface area contributed by atoms with Gasteiger partial charge in [0.2, 0.25) is 0 Å². The second-order valence-electron chi connectivity index (χ2n) is 8.96. The van der Waals surface area contributed by atoms with Crippen molar-refractivity contribution in [1.29, 1.82) is 0 Å². The number of halogens is 1. The van der Waals surface area contributed by atoms with Crippen LogP contribution in [-0.2, 0) is 4.74 Å². The Morgan fingerprint density at radius 3 is 2.84 bits per heavy atom. The summed E-state index contributed by atoms with van der Waals surface area (Å²) in [6.07, 6.45) is 9.12. The van der Waals surface area contributed by atoms with E-state index in [9.17, 15) is 5.11 Å².